The molecule has 3 rings (SSSR count). The summed E-state index contributed by atoms with van der Waals surface area (Å²) in [7, 11) is 1.96. The number of hydrogen-bond donors (Lipinski definition) is 1. The fraction of sp³-hybridized carbons (Fsp3) is 0.438. The highest BCUT2D eigenvalue weighted by Gasteiger charge is 2.19. The third-order valence-electron chi connectivity index (χ3n) is 3.69. The van der Waals surface area contributed by atoms with Gasteiger partial charge in [-0.25, -0.2) is 4.98 Å². The monoisotopic (exact) mass is 304 g/mol. The molecule has 1 atom stereocenters. The van der Waals surface area contributed by atoms with Gasteiger partial charge in [-0.3, -0.25) is 0 Å². The second kappa shape index (κ2) is 6.03. The third-order valence-corrected chi connectivity index (χ3v) is 4.82. The summed E-state index contributed by atoms with van der Waals surface area (Å²) < 4.78 is 11.5. The van der Waals surface area contributed by atoms with Crippen LogP contribution in [0.15, 0.2) is 18.2 Å². The second-order valence-corrected chi connectivity index (χ2v) is 6.41. The van der Waals surface area contributed by atoms with E-state index in [4.69, 9.17) is 9.47 Å². The minimum atomic E-state index is 0.0829. The van der Waals surface area contributed by atoms with Gasteiger partial charge in [0.15, 0.2) is 11.5 Å². The summed E-state index contributed by atoms with van der Waals surface area (Å²) in [6, 6.07) is 6.22. The molecule has 4 nitrogen and oxygen atoms in total. The molecule has 5 heteroatoms. The van der Waals surface area contributed by atoms with Crippen molar-refractivity contribution >= 4 is 11.3 Å². The first kappa shape index (κ1) is 14.4. The van der Waals surface area contributed by atoms with Gasteiger partial charge in [-0.05, 0) is 38.6 Å². The Morgan fingerprint density at radius 3 is 2.62 bits per heavy atom. The summed E-state index contributed by atoms with van der Waals surface area (Å²) in [5.74, 6) is 1.66. The minimum absolute atomic E-state index is 0.0829. The van der Waals surface area contributed by atoms with Crippen LogP contribution in [0, 0.1) is 13.8 Å². The Morgan fingerprint density at radius 1 is 1.19 bits per heavy atom. The molecular formula is C16H20N2O2S. The lowest BCUT2D eigenvalue weighted by molar-refractivity contribution is 0.297. The molecule has 0 bridgehead atoms. The van der Waals surface area contributed by atoms with Crippen molar-refractivity contribution < 1.29 is 9.47 Å². The number of aryl methyl sites for hydroxylation is 2. The molecule has 2 aromatic rings. The molecule has 1 aliphatic rings. The van der Waals surface area contributed by atoms with Crippen LogP contribution in [0.3, 0.4) is 0 Å². The molecule has 1 N–H and O–H groups in total. The number of rotatable bonds is 3. The van der Waals surface area contributed by atoms with Gasteiger partial charge < -0.3 is 14.8 Å². The number of hydrogen-bond acceptors (Lipinski definition) is 5. The normalized spacial score (nSPS) is 15.6. The number of nitrogens with one attached hydrogen (secondary N) is 1. The molecule has 0 fully saturated rings. The molecule has 0 spiro atoms. The van der Waals surface area contributed by atoms with Gasteiger partial charge in [-0.2, -0.15) is 0 Å². The summed E-state index contributed by atoms with van der Waals surface area (Å²) in [5.41, 5.74) is 2.25. The summed E-state index contributed by atoms with van der Waals surface area (Å²) >= 11 is 1.74. The predicted octanol–water partition coefficient (Wildman–Crippen LogP) is 3.23. The first-order valence-corrected chi connectivity index (χ1v) is 8.01. The van der Waals surface area contributed by atoms with Gasteiger partial charge in [-0.1, -0.05) is 6.07 Å². The van der Waals surface area contributed by atoms with E-state index in [0.29, 0.717) is 13.2 Å². The fourth-order valence-corrected chi connectivity index (χ4v) is 3.47. The van der Waals surface area contributed by atoms with Gasteiger partial charge in [0.05, 0.1) is 24.9 Å². The van der Waals surface area contributed by atoms with Crippen LogP contribution in [-0.2, 0) is 0 Å². The lowest BCUT2D eigenvalue weighted by atomic mass is 10.1. The number of thiazole rings is 1. The highest BCUT2D eigenvalue weighted by atomic mass is 32.1. The van der Waals surface area contributed by atoms with E-state index in [1.54, 1.807) is 11.3 Å². The quantitative estimate of drug-likeness (QED) is 0.945. The first-order valence-electron chi connectivity index (χ1n) is 7.20. The molecule has 1 aliphatic heterocycles. The minimum Gasteiger partial charge on any atom is -0.490 e. The highest BCUT2D eigenvalue weighted by molar-refractivity contribution is 7.11. The zero-order valence-corrected chi connectivity index (χ0v) is 13.4. The zero-order valence-electron chi connectivity index (χ0n) is 12.6. The van der Waals surface area contributed by atoms with Gasteiger partial charge in [0.25, 0.3) is 0 Å². The molecule has 0 saturated heterocycles. The number of fused-ring (bicyclic) bond motifs is 1. The Labute approximate surface area is 129 Å². The van der Waals surface area contributed by atoms with E-state index in [2.05, 4.69) is 36.3 Å². The molecular weight excluding hydrogens is 284 g/mol. The van der Waals surface area contributed by atoms with Crippen LogP contribution in [0.1, 0.15) is 33.6 Å². The largest absolute Gasteiger partial charge is 0.490 e. The molecule has 1 aromatic carbocycles. The van der Waals surface area contributed by atoms with Gasteiger partial charge in [-0.15, -0.1) is 11.3 Å². The maximum atomic E-state index is 5.78. The van der Waals surface area contributed by atoms with Gasteiger partial charge in [0.1, 0.15) is 5.01 Å². The van der Waals surface area contributed by atoms with Crippen LogP contribution in [0.4, 0.5) is 0 Å². The van der Waals surface area contributed by atoms with Gasteiger partial charge >= 0.3 is 0 Å². The van der Waals surface area contributed by atoms with Crippen molar-refractivity contribution in [3.63, 3.8) is 0 Å². The Bertz CT molecular complexity index is 620. The van der Waals surface area contributed by atoms with Crippen molar-refractivity contribution in [1.29, 1.82) is 0 Å². The summed E-state index contributed by atoms with van der Waals surface area (Å²) in [6.45, 7) is 5.58. The molecule has 112 valence electrons. The summed E-state index contributed by atoms with van der Waals surface area (Å²) in [6.07, 6.45) is 0.921. The first-order chi connectivity index (χ1) is 10.2. The van der Waals surface area contributed by atoms with E-state index in [1.807, 2.05) is 13.1 Å². The van der Waals surface area contributed by atoms with E-state index < -0.39 is 0 Å². The van der Waals surface area contributed by atoms with E-state index in [1.165, 1.54) is 4.88 Å². The SMILES string of the molecule is CNC(c1ccc2c(c1)OCCCO2)c1nc(C)c(C)s1. The average Bonchev–Trinajstić information content (AvgIpc) is 2.69. The maximum absolute atomic E-state index is 5.78. The van der Waals surface area contributed by atoms with E-state index in [9.17, 15) is 0 Å². The van der Waals surface area contributed by atoms with E-state index >= 15 is 0 Å². The summed E-state index contributed by atoms with van der Waals surface area (Å²) in [5, 5.41) is 4.43. The maximum Gasteiger partial charge on any atom is 0.161 e. The van der Waals surface area contributed by atoms with Crippen LogP contribution < -0.4 is 14.8 Å². The van der Waals surface area contributed by atoms with Crippen molar-refractivity contribution in [2.75, 3.05) is 20.3 Å². The number of nitrogens with zero attached hydrogens (tertiary/aromatic N) is 1. The van der Waals surface area contributed by atoms with Crippen LogP contribution in [-0.4, -0.2) is 25.2 Å². The Morgan fingerprint density at radius 2 is 1.95 bits per heavy atom. The van der Waals surface area contributed by atoms with Crippen molar-refractivity contribution in [2.45, 2.75) is 26.3 Å². The topological polar surface area (TPSA) is 43.4 Å². The standard InChI is InChI=1S/C16H20N2O2S/c1-10-11(2)21-16(18-10)15(17-3)12-5-6-13-14(9-12)20-8-4-7-19-13/h5-6,9,15,17H,4,7-8H2,1-3H3. The molecule has 1 unspecified atom stereocenters. The molecule has 0 amide bonds. The smallest absolute Gasteiger partial charge is 0.161 e. The lowest BCUT2D eigenvalue weighted by Gasteiger charge is -2.16. The van der Waals surface area contributed by atoms with E-state index in [0.717, 1.165) is 34.2 Å². The van der Waals surface area contributed by atoms with Crippen molar-refractivity contribution in [1.82, 2.24) is 10.3 Å². The van der Waals surface area contributed by atoms with Gasteiger partial charge in [0, 0.05) is 11.3 Å². The van der Waals surface area contributed by atoms with Crippen LogP contribution in [0.25, 0.3) is 0 Å². The number of benzene rings is 1. The third kappa shape index (κ3) is 2.89. The van der Waals surface area contributed by atoms with Gasteiger partial charge in [0.2, 0.25) is 0 Å². The van der Waals surface area contributed by atoms with Crippen LogP contribution in [0.5, 0.6) is 11.5 Å². The molecule has 0 aliphatic carbocycles. The molecule has 0 radical (unpaired) electrons. The average molecular weight is 304 g/mol. The Kier molecular flexibility index (Phi) is 4.12. The zero-order chi connectivity index (χ0) is 14.8. The predicted molar refractivity (Wildman–Crippen MR) is 84.5 cm³/mol. The van der Waals surface area contributed by atoms with Crippen molar-refractivity contribution in [2.24, 2.45) is 0 Å². The molecule has 2 heterocycles. The molecule has 1 aromatic heterocycles. The van der Waals surface area contributed by atoms with Crippen LogP contribution in [0.2, 0.25) is 0 Å². The Hall–Kier alpha value is -1.59. The fourth-order valence-electron chi connectivity index (χ4n) is 2.41. The summed E-state index contributed by atoms with van der Waals surface area (Å²) in [4.78, 5) is 5.94. The second-order valence-electron chi connectivity index (χ2n) is 5.17. The molecule has 21 heavy (non-hydrogen) atoms. The van der Waals surface area contributed by atoms with Crippen molar-refractivity contribution in [3.8, 4) is 11.5 Å². The lowest BCUT2D eigenvalue weighted by Crippen LogP contribution is -2.17. The highest BCUT2D eigenvalue weighted by Crippen LogP contribution is 2.35. The van der Waals surface area contributed by atoms with Crippen LogP contribution >= 0.6 is 11.3 Å². The molecule has 0 saturated carbocycles. The van der Waals surface area contributed by atoms with E-state index in [-0.39, 0.29) is 6.04 Å². The number of ether oxygens (including phenoxy) is 2. The number of aromatic nitrogens is 1. The Balaban J connectivity index is 1.95. The van der Waals surface area contributed by atoms with Crippen molar-refractivity contribution in [3.05, 3.63) is 39.3 Å².